The summed E-state index contributed by atoms with van der Waals surface area (Å²) in [4.78, 5) is 24.6. The van der Waals surface area contributed by atoms with Crippen LogP contribution in [0.3, 0.4) is 0 Å². The number of aryl methyl sites for hydroxylation is 1. The molecule has 0 radical (unpaired) electrons. The summed E-state index contributed by atoms with van der Waals surface area (Å²) >= 11 is 0. The van der Waals surface area contributed by atoms with E-state index in [-0.39, 0.29) is 29.6 Å². The molecule has 1 amide bonds. The molecule has 0 aliphatic carbocycles. The lowest BCUT2D eigenvalue weighted by atomic mass is 10.2. The molecular weight excluding hydrogens is 382 g/mol. The molecule has 0 saturated carbocycles. The van der Waals surface area contributed by atoms with Gasteiger partial charge in [0.05, 0.1) is 6.61 Å². The third kappa shape index (κ3) is 3.95. The number of hydrogen-bond donors (Lipinski definition) is 1. The molecule has 1 unspecified atom stereocenters. The van der Waals surface area contributed by atoms with Crippen molar-refractivity contribution in [3.05, 3.63) is 48.3 Å². The zero-order valence-electron chi connectivity index (χ0n) is 15.8. The Morgan fingerprint density at radius 2 is 1.96 bits per heavy atom. The Labute approximate surface area is 164 Å². The molecule has 9 heteroatoms. The maximum Gasteiger partial charge on any atom is 0.354 e. The third-order valence-corrected chi connectivity index (χ3v) is 6.49. The first-order valence-corrected chi connectivity index (χ1v) is 10.5. The number of aromatic nitrogens is 1. The van der Waals surface area contributed by atoms with Crippen LogP contribution in [0.25, 0.3) is 0 Å². The van der Waals surface area contributed by atoms with E-state index in [1.165, 1.54) is 21.1 Å². The number of hydrogen-bond acceptors (Lipinski definition) is 5. The fourth-order valence-corrected chi connectivity index (χ4v) is 4.98. The normalized spacial score (nSPS) is 17.4. The predicted octanol–water partition coefficient (Wildman–Crippen LogP) is 1.99. The molecule has 1 aliphatic rings. The smallest absolute Gasteiger partial charge is 0.354 e. The predicted molar refractivity (Wildman–Crippen MR) is 103 cm³/mol. The summed E-state index contributed by atoms with van der Waals surface area (Å²) < 4.78 is 33.8. The molecular formula is C19H23N3O5S. The minimum atomic E-state index is -3.93. The number of rotatable bonds is 6. The first kappa shape index (κ1) is 20.1. The number of ether oxygens (including phenoxy) is 1. The Hall–Kier alpha value is -2.65. The summed E-state index contributed by atoms with van der Waals surface area (Å²) in [5, 5.41) is 2.76. The molecule has 2 aromatic rings. The Morgan fingerprint density at radius 3 is 2.64 bits per heavy atom. The van der Waals surface area contributed by atoms with E-state index in [2.05, 4.69) is 5.32 Å². The summed E-state index contributed by atoms with van der Waals surface area (Å²) in [7, 11) is -2.35. The first-order valence-electron chi connectivity index (χ1n) is 9.06. The van der Waals surface area contributed by atoms with Crippen molar-refractivity contribution in [1.29, 1.82) is 0 Å². The van der Waals surface area contributed by atoms with Crippen molar-refractivity contribution in [2.45, 2.75) is 30.7 Å². The second-order valence-corrected chi connectivity index (χ2v) is 8.41. The van der Waals surface area contributed by atoms with Gasteiger partial charge >= 0.3 is 5.97 Å². The van der Waals surface area contributed by atoms with Gasteiger partial charge in [0.15, 0.2) is 0 Å². The summed E-state index contributed by atoms with van der Waals surface area (Å²) in [5.74, 6) is -0.958. The van der Waals surface area contributed by atoms with Crippen molar-refractivity contribution in [3.63, 3.8) is 0 Å². The molecule has 8 nitrogen and oxygen atoms in total. The Bertz CT molecular complexity index is 969. The summed E-state index contributed by atoms with van der Waals surface area (Å²) in [6, 6.07) is 9.40. The highest BCUT2D eigenvalue weighted by molar-refractivity contribution is 7.89. The van der Waals surface area contributed by atoms with E-state index < -0.39 is 22.0 Å². The van der Waals surface area contributed by atoms with E-state index >= 15 is 0 Å². The number of sulfonamides is 1. The molecule has 2 heterocycles. The number of amides is 1. The van der Waals surface area contributed by atoms with Gasteiger partial charge in [0.2, 0.25) is 15.9 Å². The van der Waals surface area contributed by atoms with Crippen LogP contribution in [0.4, 0.5) is 5.69 Å². The molecule has 1 aliphatic heterocycles. The van der Waals surface area contributed by atoms with Crippen LogP contribution in [-0.2, 0) is 26.6 Å². The molecule has 3 rings (SSSR count). The van der Waals surface area contributed by atoms with E-state index in [1.54, 1.807) is 38.2 Å². The lowest BCUT2D eigenvalue weighted by molar-refractivity contribution is -0.119. The van der Waals surface area contributed by atoms with Crippen LogP contribution in [0.15, 0.2) is 47.5 Å². The topological polar surface area (TPSA) is 97.7 Å². The van der Waals surface area contributed by atoms with E-state index in [1.807, 2.05) is 6.07 Å². The zero-order valence-corrected chi connectivity index (χ0v) is 16.6. The number of anilines is 1. The average Bonchev–Trinajstić information content (AvgIpc) is 3.30. The SMILES string of the molecule is CCOC(=O)c1cc(S(=O)(=O)N2CCCC2C(=O)Nc2ccccc2)cn1C. The van der Waals surface area contributed by atoms with E-state index in [0.717, 1.165) is 0 Å². The summed E-state index contributed by atoms with van der Waals surface area (Å²) in [6.07, 6.45) is 2.39. The van der Waals surface area contributed by atoms with Gasteiger partial charge in [-0.1, -0.05) is 18.2 Å². The number of nitrogens with zero attached hydrogens (tertiary/aromatic N) is 2. The molecule has 1 atom stereocenters. The molecule has 1 aromatic carbocycles. The fraction of sp³-hybridized carbons (Fsp3) is 0.368. The van der Waals surface area contributed by atoms with Gasteiger partial charge in [-0.25, -0.2) is 13.2 Å². The Morgan fingerprint density at radius 1 is 1.25 bits per heavy atom. The molecule has 0 bridgehead atoms. The maximum absolute atomic E-state index is 13.1. The minimum Gasteiger partial charge on any atom is -0.461 e. The molecule has 150 valence electrons. The summed E-state index contributed by atoms with van der Waals surface area (Å²) in [6.45, 7) is 2.12. The van der Waals surface area contributed by atoms with Crippen LogP contribution < -0.4 is 5.32 Å². The van der Waals surface area contributed by atoms with Crippen molar-refractivity contribution in [2.24, 2.45) is 7.05 Å². The Balaban J connectivity index is 1.83. The fourth-order valence-electron chi connectivity index (χ4n) is 3.26. The quantitative estimate of drug-likeness (QED) is 0.742. The van der Waals surface area contributed by atoms with Crippen LogP contribution in [0.1, 0.15) is 30.3 Å². The van der Waals surface area contributed by atoms with Gasteiger partial charge in [0.1, 0.15) is 16.6 Å². The van der Waals surface area contributed by atoms with Crippen molar-refractivity contribution in [1.82, 2.24) is 8.87 Å². The highest BCUT2D eigenvalue weighted by Gasteiger charge is 2.40. The summed E-state index contributed by atoms with van der Waals surface area (Å²) in [5.41, 5.74) is 0.756. The first-order chi connectivity index (χ1) is 13.3. The lowest BCUT2D eigenvalue weighted by Crippen LogP contribution is -2.43. The highest BCUT2D eigenvalue weighted by atomic mass is 32.2. The highest BCUT2D eigenvalue weighted by Crippen LogP contribution is 2.28. The van der Waals surface area contributed by atoms with Crippen molar-refractivity contribution in [2.75, 3.05) is 18.5 Å². The molecule has 1 N–H and O–H groups in total. The second kappa shape index (κ2) is 8.15. The molecule has 28 heavy (non-hydrogen) atoms. The van der Waals surface area contributed by atoms with Gasteiger partial charge in [-0.05, 0) is 38.0 Å². The van der Waals surface area contributed by atoms with Crippen molar-refractivity contribution in [3.8, 4) is 0 Å². The average molecular weight is 405 g/mol. The van der Waals surface area contributed by atoms with Crippen LogP contribution in [-0.4, -0.2) is 48.4 Å². The van der Waals surface area contributed by atoms with Crippen LogP contribution in [0, 0.1) is 0 Å². The van der Waals surface area contributed by atoms with Gasteiger partial charge in [-0.15, -0.1) is 0 Å². The second-order valence-electron chi connectivity index (χ2n) is 6.52. The largest absolute Gasteiger partial charge is 0.461 e. The molecule has 0 spiro atoms. The lowest BCUT2D eigenvalue weighted by Gasteiger charge is -2.22. The van der Waals surface area contributed by atoms with E-state index in [9.17, 15) is 18.0 Å². The monoisotopic (exact) mass is 405 g/mol. The van der Waals surface area contributed by atoms with Crippen LogP contribution in [0.5, 0.6) is 0 Å². The number of carbonyl (C=O) groups excluding carboxylic acids is 2. The van der Waals surface area contributed by atoms with Crippen molar-refractivity contribution < 1.29 is 22.7 Å². The number of benzene rings is 1. The maximum atomic E-state index is 13.1. The number of nitrogens with one attached hydrogen (secondary N) is 1. The standard InChI is InChI=1S/C19H23N3O5S/c1-3-27-19(24)17-12-15(13-21(17)2)28(25,26)22-11-7-10-16(22)18(23)20-14-8-5-4-6-9-14/h4-6,8-9,12-13,16H,3,7,10-11H2,1-2H3,(H,20,23). The van der Waals surface area contributed by atoms with E-state index in [0.29, 0.717) is 18.5 Å². The minimum absolute atomic E-state index is 0.0301. The number of carbonyl (C=O) groups is 2. The van der Waals surface area contributed by atoms with E-state index in [4.69, 9.17) is 4.74 Å². The van der Waals surface area contributed by atoms with Gasteiger partial charge < -0.3 is 14.6 Å². The third-order valence-electron chi connectivity index (χ3n) is 4.62. The molecule has 1 saturated heterocycles. The van der Waals surface area contributed by atoms with Gasteiger partial charge in [-0.2, -0.15) is 4.31 Å². The van der Waals surface area contributed by atoms with Crippen LogP contribution in [0.2, 0.25) is 0 Å². The Kier molecular flexibility index (Phi) is 5.85. The molecule has 1 fully saturated rings. The van der Waals surface area contributed by atoms with Gasteiger partial charge in [0, 0.05) is 25.5 Å². The van der Waals surface area contributed by atoms with Crippen LogP contribution >= 0.6 is 0 Å². The zero-order chi connectivity index (χ0) is 20.3. The van der Waals surface area contributed by atoms with Gasteiger partial charge in [-0.3, -0.25) is 4.79 Å². The molecule has 1 aromatic heterocycles. The van der Waals surface area contributed by atoms with Crippen molar-refractivity contribution >= 4 is 27.6 Å². The van der Waals surface area contributed by atoms with Gasteiger partial charge in [0.25, 0.3) is 0 Å². The number of para-hydroxylation sites is 1. The number of esters is 1.